The summed E-state index contributed by atoms with van der Waals surface area (Å²) in [6.07, 6.45) is 3.98. The Hall–Kier alpha value is -3.02. The van der Waals surface area contributed by atoms with Gasteiger partial charge in [-0.2, -0.15) is 5.10 Å². The topological polar surface area (TPSA) is 112 Å². The average Bonchev–Trinajstić information content (AvgIpc) is 3.52. The second-order valence-corrected chi connectivity index (χ2v) is 8.85. The number of aryl methyl sites for hydroxylation is 2. The second kappa shape index (κ2) is 9.69. The van der Waals surface area contributed by atoms with E-state index in [0.717, 1.165) is 23.4 Å². The molecule has 0 spiro atoms. The van der Waals surface area contributed by atoms with Crippen molar-refractivity contribution in [2.75, 3.05) is 19.7 Å². The molecule has 1 amide bonds. The van der Waals surface area contributed by atoms with E-state index in [1.165, 1.54) is 0 Å². The van der Waals surface area contributed by atoms with Crippen molar-refractivity contribution in [3.8, 4) is 5.75 Å². The number of likely N-dealkylation sites (tertiary alicyclic amines) is 1. The molecule has 5 rings (SSSR count). The fourth-order valence-electron chi connectivity index (χ4n) is 4.42. The lowest BCUT2D eigenvalue weighted by Gasteiger charge is -2.20. The average molecular weight is 487 g/mol. The number of nitrogens with zero attached hydrogens (tertiary/aromatic N) is 7. The van der Waals surface area contributed by atoms with Crippen LogP contribution in [-0.4, -0.2) is 72.4 Å². The highest BCUT2D eigenvalue weighted by atomic mass is 35.5. The molecule has 34 heavy (non-hydrogen) atoms. The first-order valence-corrected chi connectivity index (χ1v) is 11.7. The summed E-state index contributed by atoms with van der Waals surface area (Å²) in [5, 5.41) is 16.6. The standard InChI is InChI=1S/C22H27ClN8O3/c1-3-16-15(21(23)29(2)27-16)10-30-11-17-19(12-30)34-13-14-9-31(28-26-14)7-8-33-18-5-4-6-24-20(18)22(32)25-17/h4-6,9,17,19H,3,7-8,10-13H2,1-2H3,(H,25,32)/t17-,19-/m0/s1. The third-order valence-electron chi connectivity index (χ3n) is 6.12. The predicted molar refractivity (Wildman–Crippen MR) is 122 cm³/mol. The largest absolute Gasteiger partial charge is 0.489 e. The molecule has 2 bridgehead atoms. The van der Waals surface area contributed by atoms with Crippen LogP contribution < -0.4 is 10.1 Å². The maximum Gasteiger partial charge on any atom is 0.274 e. The third-order valence-corrected chi connectivity index (χ3v) is 6.59. The lowest BCUT2D eigenvalue weighted by Crippen LogP contribution is -2.44. The van der Waals surface area contributed by atoms with Gasteiger partial charge in [0, 0.05) is 38.4 Å². The van der Waals surface area contributed by atoms with Gasteiger partial charge in [0.25, 0.3) is 5.91 Å². The maximum absolute atomic E-state index is 13.2. The van der Waals surface area contributed by atoms with Gasteiger partial charge in [-0.25, -0.2) is 9.67 Å². The molecule has 2 aliphatic heterocycles. The first kappa shape index (κ1) is 22.8. The molecular weight excluding hydrogens is 460 g/mol. The summed E-state index contributed by atoms with van der Waals surface area (Å²) in [5.74, 6) is 0.137. The summed E-state index contributed by atoms with van der Waals surface area (Å²) in [7, 11) is 1.84. The van der Waals surface area contributed by atoms with Crippen molar-refractivity contribution in [1.29, 1.82) is 0 Å². The molecule has 0 radical (unpaired) electrons. The second-order valence-electron chi connectivity index (χ2n) is 8.49. The highest BCUT2D eigenvalue weighted by Gasteiger charge is 2.36. The van der Waals surface area contributed by atoms with Gasteiger partial charge < -0.3 is 14.8 Å². The maximum atomic E-state index is 13.2. The summed E-state index contributed by atoms with van der Waals surface area (Å²) in [5.41, 5.74) is 2.96. The van der Waals surface area contributed by atoms with E-state index in [1.807, 2.05) is 13.2 Å². The van der Waals surface area contributed by atoms with Crippen LogP contribution in [0.2, 0.25) is 5.15 Å². The highest BCUT2D eigenvalue weighted by molar-refractivity contribution is 6.30. The third kappa shape index (κ3) is 4.63. The molecule has 5 heterocycles. The van der Waals surface area contributed by atoms with Gasteiger partial charge in [-0.3, -0.25) is 14.4 Å². The van der Waals surface area contributed by atoms with Gasteiger partial charge in [0.1, 0.15) is 17.5 Å². The molecule has 2 atom stereocenters. The molecule has 2 aliphatic rings. The fourth-order valence-corrected chi connectivity index (χ4v) is 4.63. The van der Waals surface area contributed by atoms with Crippen molar-refractivity contribution in [3.63, 3.8) is 0 Å². The molecule has 1 N–H and O–H groups in total. The van der Waals surface area contributed by atoms with Crippen LogP contribution in [-0.2, 0) is 37.9 Å². The molecule has 3 aromatic heterocycles. The number of carbonyl (C=O) groups excluding carboxylic acids is 1. The molecule has 3 aromatic rings. The van der Waals surface area contributed by atoms with E-state index in [4.69, 9.17) is 21.1 Å². The van der Waals surface area contributed by atoms with Crippen molar-refractivity contribution < 1.29 is 14.3 Å². The molecular formula is C22H27ClN8O3. The van der Waals surface area contributed by atoms with Crippen LogP contribution in [0.5, 0.6) is 5.75 Å². The molecule has 0 aliphatic carbocycles. The van der Waals surface area contributed by atoms with Gasteiger partial charge in [0.05, 0.1) is 37.2 Å². The lowest BCUT2D eigenvalue weighted by molar-refractivity contribution is 0.0292. The Morgan fingerprint density at radius 3 is 3.06 bits per heavy atom. The van der Waals surface area contributed by atoms with Crippen LogP contribution in [0.3, 0.4) is 0 Å². The van der Waals surface area contributed by atoms with Crippen LogP contribution in [0.4, 0.5) is 0 Å². The quantitative estimate of drug-likeness (QED) is 0.588. The number of hydrogen-bond donors (Lipinski definition) is 1. The number of nitrogens with one attached hydrogen (secondary N) is 1. The van der Waals surface area contributed by atoms with Crippen molar-refractivity contribution >= 4 is 17.5 Å². The SMILES string of the molecule is CCc1nn(C)c(Cl)c1CN1C[C@@H]2NC(=O)c3ncccc3OCCn3cc(nn3)CO[C@H]2C1. The van der Waals surface area contributed by atoms with Crippen LogP contribution in [0, 0.1) is 0 Å². The van der Waals surface area contributed by atoms with Crippen molar-refractivity contribution in [1.82, 2.24) is 40.0 Å². The minimum Gasteiger partial charge on any atom is -0.489 e. The van der Waals surface area contributed by atoms with Crippen LogP contribution in [0.15, 0.2) is 24.5 Å². The number of amides is 1. The van der Waals surface area contributed by atoms with E-state index in [9.17, 15) is 4.79 Å². The lowest BCUT2D eigenvalue weighted by atomic mass is 10.2. The number of halogens is 1. The molecule has 0 saturated carbocycles. The number of ether oxygens (including phenoxy) is 2. The van der Waals surface area contributed by atoms with Crippen molar-refractivity contribution in [2.24, 2.45) is 7.05 Å². The zero-order chi connectivity index (χ0) is 23.7. The van der Waals surface area contributed by atoms with Crippen molar-refractivity contribution in [2.45, 2.75) is 45.2 Å². The minimum atomic E-state index is -0.293. The van der Waals surface area contributed by atoms with Crippen molar-refractivity contribution in [3.05, 3.63) is 52.3 Å². The van der Waals surface area contributed by atoms with Crippen LogP contribution in [0.25, 0.3) is 0 Å². The molecule has 0 aromatic carbocycles. The van der Waals surface area contributed by atoms with Gasteiger partial charge in [0.15, 0.2) is 11.4 Å². The van der Waals surface area contributed by atoms with Crippen LogP contribution >= 0.6 is 11.6 Å². The van der Waals surface area contributed by atoms with E-state index in [0.29, 0.717) is 50.3 Å². The fraction of sp³-hybridized carbons (Fsp3) is 0.500. The summed E-state index contributed by atoms with van der Waals surface area (Å²) >= 11 is 6.52. The molecule has 180 valence electrons. The molecule has 11 nitrogen and oxygen atoms in total. The zero-order valence-corrected chi connectivity index (χ0v) is 19.9. The van der Waals surface area contributed by atoms with Gasteiger partial charge in [0.2, 0.25) is 0 Å². The number of rotatable bonds is 3. The Bertz CT molecular complexity index is 1180. The number of hydrogen-bond acceptors (Lipinski definition) is 8. The van der Waals surface area contributed by atoms with E-state index < -0.39 is 0 Å². The minimum absolute atomic E-state index is 0.245. The molecule has 1 saturated heterocycles. The summed E-state index contributed by atoms with van der Waals surface area (Å²) in [6.45, 7) is 5.03. The normalized spacial score (nSPS) is 21.3. The van der Waals surface area contributed by atoms with E-state index in [1.54, 1.807) is 27.7 Å². The Labute approximate surface area is 202 Å². The Morgan fingerprint density at radius 2 is 2.21 bits per heavy atom. The molecule has 1 fully saturated rings. The Balaban J connectivity index is 1.40. The van der Waals surface area contributed by atoms with Gasteiger partial charge in [-0.15, -0.1) is 5.10 Å². The highest BCUT2D eigenvalue weighted by Crippen LogP contribution is 2.25. The molecule has 0 unspecified atom stereocenters. The number of pyridine rings is 1. The number of aromatic nitrogens is 6. The first-order chi connectivity index (χ1) is 16.5. The summed E-state index contributed by atoms with van der Waals surface area (Å²) in [4.78, 5) is 19.7. The Kier molecular flexibility index (Phi) is 6.48. The van der Waals surface area contributed by atoms with E-state index in [2.05, 4.69) is 37.5 Å². The summed E-state index contributed by atoms with van der Waals surface area (Å²) < 4.78 is 15.5. The number of carbonyl (C=O) groups is 1. The summed E-state index contributed by atoms with van der Waals surface area (Å²) in [6, 6.07) is 3.24. The monoisotopic (exact) mass is 486 g/mol. The zero-order valence-electron chi connectivity index (χ0n) is 19.1. The smallest absolute Gasteiger partial charge is 0.274 e. The number of fused-ring (bicyclic) bond motifs is 4. The molecule has 12 heteroatoms. The van der Waals surface area contributed by atoms with Gasteiger partial charge >= 0.3 is 0 Å². The van der Waals surface area contributed by atoms with Gasteiger partial charge in [-0.1, -0.05) is 23.7 Å². The Morgan fingerprint density at radius 1 is 1.32 bits per heavy atom. The van der Waals surface area contributed by atoms with E-state index >= 15 is 0 Å². The van der Waals surface area contributed by atoms with Crippen LogP contribution in [0.1, 0.15) is 34.4 Å². The van der Waals surface area contributed by atoms with E-state index in [-0.39, 0.29) is 23.7 Å². The predicted octanol–water partition coefficient (Wildman–Crippen LogP) is 1.21. The van der Waals surface area contributed by atoms with Gasteiger partial charge in [-0.05, 0) is 18.6 Å². The first-order valence-electron chi connectivity index (χ1n) is 11.3.